The molecule has 1 aromatic carbocycles. The number of hydrogen-bond donors (Lipinski definition) is 1. The molecule has 0 saturated carbocycles. The van der Waals surface area contributed by atoms with Gasteiger partial charge in [-0.25, -0.2) is 0 Å². The van der Waals surface area contributed by atoms with E-state index in [1.165, 1.54) is 24.8 Å². The molecule has 96 valence electrons. The zero-order chi connectivity index (χ0) is 12.5. The molecule has 2 heteroatoms. The molecule has 0 aliphatic heterocycles. The molecule has 0 aromatic heterocycles. The summed E-state index contributed by atoms with van der Waals surface area (Å²) in [6, 6.07) is 8.34. The molecule has 0 heterocycles. The van der Waals surface area contributed by atoms with E-state index in [-0.39, 0.29) is 6.04 Å². The van der Waals surface area contributed by atoms with Crippen LogP contribution in [0.15, 0.2) is 24.3 Å². The Bertz CT molecular complexity index is 312. The van der Waals surface area contributed by atoms with Crippen LogP contribution in [0.4, 0.5) is 0 Å². The third-order valence-corrected chi connectivity index (χ3v) is 2.88. The molecule has 2 N–H and O–H groups in total. The van der Waals surface area contributed by atoms with Gasteiger partial charge in [-0.2, -0.15) is 0 Å². The average molecular weight is 235 g/mol. The van der Waals surface area contributed by atoms with Crippen molar-refractivity contribution in [2.24, 2.45) is 5.73 Å². The van der Waals surface area contributed by atoms with Crippen LogP contribution in [0, 0.1) is 0 Å². The van der Waals surface area contributed by atoms with E-state index in [4.69, 9.17) is 10.5 Å². The van der Waals surface area contributed by atoms with Crippen LogP contribution in [0.1, 0.15) is 57.6 Å². The molecule has 0 bridgehead atoms. The van der Waals surface area contributed by atoms with E-state index >= 15 is 0 Å². The van der Waals surface area contributed by atoms with Gasteiger partial charge < -0.3 is 10.5 Å². The minimum absolute atomic E-state index is 0.145. The molecule has 0 amide bonds. The summed E-state index contributed by atoms with van der Waals surface area (Å²) in [5.41, 5.74) is 7.37. The lowest BCUT2D eigenvalue weighted by Crippen LogP contribution is -2.10. The second-order valence-corrected chi connectivity index (χ2v) is 4.52. The summed E-state index contributed by atoms with van der Waals surface area (Å²) in [4.78, 5) is 0. The van der Waals surface area contributed by atoms with Gasteiger partial charge >= 0.3 is 0 Å². The van der Waals surface area contributed by atoms with Gasteiger partial charge in [0.1, 0.15) is 5.75 Å². The van der Waals surface area contributed by atoms with Gasteiger partial charge in [-0.15, -0.1) is 0 Å². The Morgan fingerprint density at radius 3 is 2.71 bits per heavy atom. The van der Waals surface area contributed by atoms with E-state index in [9.17, 15) is 0 Å². The second-order valence-electron chi connectivity index (χ2n) is 4.52. The molecule has 0 saturated heterocycles. The normalized spacial score (nSPS) is 12.4. The van der Waals surface area contributed by atoms with Gasteiger partial charge in [0, 0.05) is 6.04 Å². The van der Waals surface area contributed by atoms with Crippen molar-refractivity contribution in [2.75, 3.05) is 6.61 Å². The Hall–Kier alpha value is -1.02. The van der Waals surface area contributed by atoms with Crippen molar-refractivity contribution in [2.45, 2.75) is 52.0 Å². The summed E-state index contributed by atoms with van der Waals surface area (Å²) in [6.07, 6.45) is 5.81. The monoisotopic (exact) mass is 235 g/mol. The van der Waals surface area contributed by atoms with Crippen LogP contribution in [0.3, 0.4) is 0 Å². The van der Waals surface area contributed by atoms with Crippen LogP contribution in [0.5, 0.6) is 5.75 Å². The Morgan fingerprint density at radius 2 is 2.00 bits per heavy atom. The minimum Gasteiger partial charge on any atom is -0.494 e. The molecule has 17 heavy (non-hydrogen) atoms. The lowest BCUT2D eigenvalue weighted by Gasteiger charge is -2.13. The van der Waals surface area contributed by atoms with Crippen LogP contribution in [0.25, 0.3) is 0 Å². The molecule has 0 fully saturated rings. The highest BCUT2D eigenvalue weighted by Gasteiger charge is 2.06. The number of hydrogen-bond acceptors (Lipinski definition) is 2. The summed E-state index contributed by atoms with van der Waals surface area (Å²) in [5.74, 6) is 0.940. The Kier molecular flexibility index (Phi) is 6.71. The van der Waals surface area contributed by atoms with Crippen LogP contribution in [-0.2, 0) is 0 Å². The van der Waals surface area contributed by atoms with E-state index in [1.807, 2.05) is 12.1 Å². The molecule has 1 rings (SSSR count). The molecule has 0 aliphatic rings. The lowest BCUT2D eigenvalue weighted by molar-refractivity contribution is 0.317. The lowest BCUT2D eigenvalue weighted by atomic mass is 10.0. The maximum absolute atomic E-state index is 6.18. The smallest absolute Gasteiger partial charge is 0.119 e. The van der Waals surface area contributed by atoms with Crippen molar-refractivity contribution in [3.63, 3.8) is 0 Å². The number of rotatable bonds is 8. The topological polar surface area (TPSA) is 35.2 Å². The number of benzene rings is 1. The number of nitrogens with two attached hydrogens (primary N) is 1. The highest BCUT2D eigenvalue weighted by Crippen LogP contribution is 2.21. The second kappa shape index (κ2) is 8.13. The van der Waals surface area contributed by atoms with Crippen LogP contribution >= 0.6 is 0 Å². The van der Waals surface area contributed by atoms with Gasteiger partial charge in [-0.3, -0.25) is 0 Å². The Morgan fingerprint density at radius 1 is 1.18 bits per heavy atom. The summed E-state index contributed by atoms with van der Waals surface area (Å²) in [6.45, 7) is 5.10. The molecular formula is C15H25NO. The Balaban J connectivity index is 2.51. The molecule has 0 spiro atoms. The summed E-state index contributed by atoms with van der Waals surface area (Å²) in [7, 11) is 0. The third kappa shape index (κ3) is 5.22. The van der Waals surface area contributed by atoms with Crippen molar-refractivity contribution in [3.05, 3.63) is 29.8 Å². The number of ether oxygens (including phenoxy) is 1. The van der Waals surface area contributed by atoms with Crippen molar-refractivity contribution >= 4 is 0 Å². The maximum atomic E-state index is 6.18. The van der Waals surface area contributed by atoms with Gasteiger partial charge in [0.15, 0.2) is 0 Å². The predicted molar refractivity (Wildman–Crippen MR) is 73.3 cm³/mol. The minimum atomic E-state index is 0.145. The highest BCUT2D eigenvalue weighted by molar-refractivity contribution is 5.30. The van der Waals surface area contributed by atoms with E-state index < -0.39 is 0 Å². The van der Waals surface area contributed by atoms with Crippen LogP contribution in [-0.4, -0.2) is 6.61 Å². The van der Waals surface area contributed by atoms with Gasteiger partial charge in [0.25, 0.3) is 0 Å². The fourth-order valence-electron chi connectivity index (χ4n) is 1.84. The molecule has 0 aliphatic carbocycles. The maximum Gasteiger partial charge on any atom is 0.119 e. The van der Waals surface area contributed by atoms with Crippen LogP contribution in [0.2, 0.25) is 0 Å². The van der Waals surface area contributed by atoms with Gasteiger partial charge in [-0.1, -0.05) is 45.2 Å². The van der Waals surface area contributed by atoms with Gasteiger partial charge in [0.05, 0.1) is 6.61 Å². The average Bonchev–Trinajstić information content (AvgIpc) is 2.37. The Labute approximate surface area is 105 Å². The predicted octanol–water partition coefficient (Wildman–Crippen LogP) is 4.06. The first kappa shape index (κ1) is 14.0. The zero-order valence-corrected chi connectivity index (χ0v) is 11.1. The summed E-state index contributed by atoms with van der Waals surface area (Å²) >= 11 is 0. The molecule has 1 unspecified atom stereocenters. The first-order chi connectivity index (χ1) is 8.27. The van der Waals surface area contributed by atoms with Gasteiger partial charge in [0.2, 0.25) is 0 Å². The zero-order valence-electron chi connectivity index (χ0n) is 11.1. The molecular weight excluding hydrogens is 210 g/mol. The molecule has 2 nitrogen and oxygen atoms in total. The van der Waals surface area contributed by atoms with Crippen molar-refractivity contribution < 1.29 is 4.74 Å². The first-order valence-electron chi connectivity index (χ1n) is 6.76. The molecule has 1 aromatic rings. The number of unbranched alkanes of at least 4 members (excludes halogenated alkanes) is 2. The largest absolute Gasteiger partial charge is 0.494 e. The quantitative estimate of drug-likeness (QED) is 0.690. The fraction of sp³-hybridized carbons (Fsp3) is 0.600. The summed E-state index contributed by atoms with van der Waals surface area (Å²) < 4.78 is 5.62. The van der Waals surface area contributed by atoms with E-state index in [0.29, 0.717) is 0 Å². The third-order valence-electron chi connectivity index (χ3n) is 2.88. The molecule has 0 radical (unpaired) electrons. The van der Waals surface area contributed by atoms with Crippen LogP contribution < -0.4 is 10.5 Å². The summed E-state index contributed by atoms with van der Waals surface area (Å²) in [5, 5.41) is 0. The van der Waals surface area contributed by atoms with Gasteiger partial charge in [-0.05, 0) is 30.5 Å². The fourth-order valence-corrected chi connectivity index (χ4v) is 1.84. The van der Waals surface area contributed by atoms with E-state index in [1.54, 1.807) is 0 Å². The van der Waals surface area contributed by atoms with Crippen molar-refractivity contribution in [1.29, 1.82) is 0 Å². The van der Waals surface area contributed by atoms with E-state index in [0.717, 1.165) is 25.2 Å². The SMILES string of the molecule is CCCCCC(N)c1cccc(OCCC)c1. The van der Waals surface area contributed by atoms with E-state index in [2.05, 4.69) is 26.0 Å². The first-order valence-corrected chi connectivity index (χ1v) is 6.76. The standard InChI is InChI=1S/C15H25NO/c1-3-5-6-10-15(16)13-8-7-9-14(12-13)17-11-4-2/h7-9,12,15H,3-6,10-11,16H2,1-2H3. The highest BCUT2D eigenvalue weighted by atomic mass is 16.5. The van der Waals surface area contributed by atoms with Crippen molar-refractivity contribution in [3.8, 4) is 5.75 Å². The molecule has 1 atom stereocenters. The van der Waals surface area contributed by atoms with Crippen molar-refractivity contribution in [1.82, 2.24) is 0 Å².